The molecule has 0 saturated heterocycles. The van der Waals surface area contributed by atoms with Crippen molar-refractivity contribution in [3.63, 3.8) is 0 Å². The molecule has 1 amide bonds. The number of Topliss-reactive ketones (excluding diaryl/α,β-unsaturated/α-hetero) is 1. The molecule has 0 aliphatic rings. The van der Waals surface area contributed by atoms with E-state index in [0.717, 1.165) is 5.56 Å². The Kier molecular flexibility index (Phi) is 5.52. The van der Waals surface area contributed by atoms with Crippen LogP contribution in [0.5, 0.6) is 5.75 Å². The number of amides is 1. The van der Waals surface area contributed by atoms with Gasteiger partial charge in [-0.3, -0.25) is 9.59 Å². The number of hydrogen-bond acceptors (Lipinski definition) is 3. The predicted molar refractivity (Wildman–Crippen MR) is 89.7 cm³/mol. The average Bonchev–Trinajstić information content (AvgIpc) is 2.59. The van der Waals surface area contributed by atoms with Crippen LogP contribution in [0.4, 0.5) is 0 Å². The molecule has 2 aromatic rings. The van der Waals surface area contributed by atoms with Crippen LogP contribution in [0.1, 0.15) is 15.9 Å². The summed E-state index contributed by atoms with van der Waals surface area (Å²) in [4.78, 5) is 26.8. The molecule has 1 unspecified atom stereocenters. The summed E-state index contributed by atoms with van der Waals surface area (Å²) in [5.41, 5.74) is 1.45. The Hall–Kier alpha value is -2.62. The van der Waals surface area contributed by atoms with E-state index in [-0.39, 0.29) is 11.7 Å². The Balaban J connectivity index is 2.32. The fourth-order valence-corrected chi connectivity index (χ4v) is 2.43. The topological polar surface area (TPSA) is 46.6 Å². The van der Waals surface area contributed by atoms with Crippen LogP contribution in [0.3, 0.4) is 0 Å². The lowest BCUT2D eigenvalue weighted by Crippen LogP contribution is -2.36. The first-order chi connectivity index (χ1) is 11.0. The molecule has 2 aromatic carbocycles. The largest absolute Gasteiger partial charge is 0.497 e. The van der Waals surface area contributed by atoms with Gasteiger partial charge in [-0.15, -0.1) is 0 Å². The van der Waals surface area contributed by atoms with Crippen molar-refractivity contribution in [2.75, 3.05) is 21.2 Å². The molecule has 0 bridgehead atoms. The SMILES string of the molecule is COc1cccc(C(=O)C(Cc2ccccc2)C(=O)N(C)C)c1. The highest BCUT2D eigenvalue weighted by molar-refractivity contribution is 6.10. The minimum absolute atomic E-state index is 0.188. The van der Waals surface area contributed by atoms with Crippen LogP contribution in [0.2, 0.25) is 0 Å². The molecule has 4 nitrogen and oxygen atoms in total. The van der Waals surface area contributed by atoms with Gasteiger partial charge in [0.05, 0.1) is 7.11 Å². The van der Waals surface area contributed by atoms with Crippen LogP contribution in [0, 0.1) is 5.92 Å². The summed E-state index contributed by atoms with van der Waals surface area (Å²) in [7, 11) is 4.88. The van der Waals surface area contributed by atoms with Crippen LogP contribution in [0.15, 0.2) is 54.6 Å². The Labute approximate surface area is 136 Å². The van der Waals surface area contributed by atoms with Crippen molar-refractivity contribution in [1.82, 2.24) is 4.90 Å². The molecule has 0 heterocycles. The Morgan fingerprint density at radius 1 is 1.04 bits per heavy atom. The van der Waals surface area contributed by atoms with Crippen molar-refractivity contribution in [3.05, 3.63) is 65.7 Å². The van der Waals surface area contributed by atoms with Gasteiger partial charge in [0.25, 0.3) is 0 Å². The van der Waals surface area contributed by atoms with E-state index in [0.29, 0.717) is 17.7 Å². The number of methoxy groups -OCH3 is 1. The number of ketones is 1. The van der Waals surface area contributed by atoms with Gasteiger partial charge in [0.15, 0.2) is 5.78 Å². The summed E-state index contributed by atoms with van der Waals surface area (Å²) in [5, 5.41) is 0. The minimum Gasteiger partial charge on any atom is -0.497 e. The van der Waals surface area contributed by atoms with Gasteiger partial charge in [-0.05, 0) is 24.1 Å². The van der Waals surface area contributed by atoms with E-state index in [1.807, 2.05) is 30.3 Å². The van der Waals surface area contributed by atoms with Crippen LogP contribution in [-0.2, 0) is 11.2 Å². The summed E-state index contributed by atoms with van der Waals surface area (Å²) < 4.78 is 5.16. The van der Waals surface area contributed by atoms with E-state index in [2.05, 4.69) is 0 Å². The first-order valence-corrected chi connectivity index (χ1v) is 7.46. The number of carbonyl (C=O) groups excluding carboxylic acids is 2. The zero-order valence-electron chi connectivity index (χ0n) is 13.7. The Bertz CT molecular complexity index is 680. The van der Waals surface area contributed by atoms with Crippen molar-refractivity contribution < 1.29 is 14.3 Å². The number of benzene rings is 2. The first kappa shape index (κ1) is 16.7. The summed E-state index contributed by atoms with van der Waals surface area (Å²) >= 11 is 0. The molecule has 0 aromatic heterocycles. The third-order valence-electron chi connectivity index (χ3n) is 3.69. The molecule has 0 aliphatic carbocycles. The molecule has 0 saturated carbocycles. The van der Waals surface area contributed by atoms with E-state index >= 15 is 0 Å². The average molecular weight is 311 g/mol. The molecule has 120 valence electrons. The van der Waals surface area contributed by atoms with Crippen molar-refractivity contribution in [1.29, 1.82) is 0 Å². The third-order valence-corrected chi connectivity index (χ3v) is 3.69. The van der Waals surface area contributed by atoms with Crippen molar-refractivity contribution >= 4 is 11.7 Å². The second-order valence-electron chi connectivity index (χ2n) is 5.57. The predicted octanol–water partition coefficient (Wildman–Crippen LogP) is 2.83. The monoisotopic (exact) mass is 311 g/mol. The summed E-state index contributed by atoms with van der Waals surface area (Å²) in [6.45, 7) is 0. The van der Waals surface area contributed by atoms with Gasteiger partial charge >= 0.3 is 0 Å². The maximum atomic E-state index is 12.9. The minimum atomic E-state index is -0.737. The molecule has 1 atom stereocenters. The van der Waals surface area contributed by atoms with E-state index in [9.17, 15) is 9.59 Å². The van der Waals surface area contributed by atoms with E-state index in [4.69, 9.17) is 4.74 Å². The van der Waals surface area contributed by atoms with Crippen LogP contribution < -0.4 is 4.74 Å². The molecule has 4 heteroatoms. The lowest BCUT2D eigenvalue weighted by molar-refractivity contribution is -0.131. The van der Waals surface area contributed by atoms with E-state index in [1.54, 1.807) is 45.5 Å². The Morgan fingerprint density at radius 3 is 2.35 bits per heavy atom. The molecule has 0 fully saturated rings. The van der Waals surface area contributed by atoms with Crippen LogP contribution in [-0.4, -0.2) is 37.8 Å². The second kappa shape index (κ2) is 7.58. The van der Waals surface area contributed by atoms with Crippen LogP contribution in [0.25, 0.3) is 0 Å². The fourth-order valence-electron chi connectivity index (χ4n) is 2.43. The number of ether oxygens (including phenoxy) is 1. The van der Waals surface area contributed by atoms with Crippen molar-refractivity contribution in [3.8, 4) is 5.75 Å². The molecular formula is C19H21NO3. The van der Waals surface area contributed by atoms with Gasteiger partial charge in [0, 0.05) is 19.7 Å². The van der Waals surface area contributed by atoms with Gasteiger partial charge < -0.3 is 9.64 Å². The summed E-state index contributed by atoms with van der Waals surface area (Å²) in [6, 6.07) is 16.5. The molecule has 0 spiro atoms. The molecule has 2 rings (SSSR count). The highest BCUT2D eigenvalue weighted by Gasteiger charge is 2.29. The van der Waals surface area contributed by atoms with Crippen molar-refractivity contribution in [2.24, 2.45) is 5.92 Å². The number of nitrogens with zero attached hydrogens (tertiary/aromatic N) is 1. The summed E-state index contributed by atoms with van der Waals surface area (Å²) in [6.07, 6.45) is 0.383. The smallest absolute Gasteiger partial charge is 0.233 e. The van der Waals surface area contributed by atoms with E-state index in [1.165, 1.54) is 4.90 Å². The molecule has 0 N–H and O–H groups in total. The molecular weight excluding hydrogens is 290 g/mol. The third kappa shape index (κ3) is 4.19. The first-order valence-electron chi connectivity index (χ1n) is 7.46. The standard InChI is InChI=1S/C19H21NO3/c1-20(2)19(22)17(12-14-8-5-4-6-9-14)18(21)15-10-7-11-16(13-15)23-3/h4-11,13,17H,12H2,1-3H3. The second-order valence-corrected chi connectivity index (χ2v) is 5.57. The fraction of sp³-hybridized carbons (Fsp3) is 0.263. The highest BCUT2D eigenvalue weighted by Crippen LogP contribution is 2.20. The zero-order valence-corrected chi connectivity index (χ0v) is 13.7. The quantitative estimate of drug-likeness (QED) is 0.609. The van der Waals surface area contributed by atoms with Gasteiger partial charge in [-0.2, -0.15) is 0 Å². The lowest BCUT2D eigenvalue weighted by Gasteiger charge is -2.20. The summed E-state index contributed by atoms with van der Waals surface area (Å²) in [5.74, 6) is -0.515. The zero-order chi connectivity index (χ0) is 16.8. The number of hydrogen-bond donors (Lipinski definition) is 0. The maximum Gasteiger partial charge on any atom is 0.233 e. The van der Waals surface area contributed by atoms with Gasteiger partial charge in [0.1, 0.15) is 11.7 Å². The molecule has 23 heavy (non-hydrogen) atoms. The Morgan fingerprint density at radius 2 is 1.74 bits per heavy atom. The highest BCUT2D eigenvalue weighted by atomic mass is 16.5. The van der Waals surface area contributed by atoms with Gasteiger partial charge in [0.2, 0.25) is 5.91 Å². The maximum absolute atomic E-state index is 12.9. The van der Waals surface area contributed by atoms with Crippen LogP contribution >= 0.6 is 0 Å². The number of rotatable bonds is 6. The lowest BCUT2D eigenvalue weighted by atomic mass is 9.90. The van der Waals surface area contributed by atoms with Gasteiger partial charge in [-0.25, -0.2) is 0 Å². The van der Waals surface area contributed by atoms with Gasteiger partial charge in [-0.1, -0.05) is 42.5 Å². The normalized spacial score (nSPS) is 11.6. The van der Waals surface area contributed by atoms with Crippen molar-refractivity contribution in [2.45, 2.75) is 6.42 Å². The molecule has 0 radical (unpaired) electrons. The number of carbonyl (C=O) groups is 2. The van der Waals surface area contributed by atoms with E-state index < -0.39 is 5.92 Å². The molecule has 0 aliphatic heterocycles.